The molecule has 1 N–H and O–H groups in total. The second-order valence-electron chi connectivity index (χ2n) is 7.84. The number of thioether (sulfide) groups is 1. The van der Waals surface area contributed by atoms with Gasteiger partial charge >= 0.3 is 0 Å². The van der Waals surface area contributed by atoms with Gasteiger partial charge < -0.3 is 14.8 Å². The monoisotopic (exact) mass is 446 g/mol. The number of thiocarbonyl (C=S) groups is 1. The van der Waals surface area contributed by atoms with Crippen LogP contribution in [-0.2, 0) is 9.59 Å². The molecule has 8 heteroatoms. The molecule has 0 unspecified atom stereocenters. The number of nitrogens with zero attached hydrogens (tertiary/aromatic N) is 1. The van der Waals surface area contributed by atoms with E-state index in [0.29, 0.717) is 46.2 Å². The molecule has 1 aliphatic carbocycles. The summed E-state index contributed by atoms with van der Waals surface area (Å²) in [7, 11) is 0. The molecule has 1 aromatic carbocycles. The SMILES string of the molecule is O=C(CCC1CCCCC1)NCCN1C(=O)/C(=C\c2ccc3c(c2)OCO3)SC1=S. The van der Waals surface area contributed by atoms with Crippen molar-refractivity contribution in [2.24, 2.45) is 5.92 Å². The van der Waals surface area contributed by atoms with E-state index in [9.17, 15) is 9.59 Å². The predicted octanol–water partition coefficient (Wildman–Crippen LogP) is 4.09. The summed E-state index contributed by atoms with van der Waals surface area (Å²) in [6, 6.07) is 5.56. The molecule has 30 heavy (non-hydrogen) atoms. The summed E-state index contributed by atoms with van der Waals surface area (Å²) < 4.78 is 11.2. The van der Waals surface area contributed by atoms with Crippen LogP contribution in [0.1, 0.15) is 50.5 Å². The van der Waals surface area contributed by atoms with Gasteiger partial charge in [-0.3, -0.25) is 14.5 Å². The zero-order chi connectivity index (χ0) is 20.9. The first-order valence-electron chi connectivity index (χ1n) is 10.5. The molecule has 2 aliphatic heterocycles. The van der Waals surface area contributed by atoms with Crippen molar-refractivity contribution in [2.45, 2.75) is 44.9 Å². The van der Waals surface area contributed by atoms with Crippen LogP contribution in [0.25, 0.3) is 6.08 Å². The molecule has 4 rings (SSSR count). The fraction of sp³-hybridized carbons (Fsp3) is 0.500. The molecular weight excluding hydrogens is 420 g/mol. The maximum absolute atomic E-state index is 12.7. The average molecular weight is 447 g/mol. The molecule has 0 spiro atoms. The smallest absolute Gasteiger partial charge is 0.266 e. The van der Waals surface area contributed by atoms with Crippen LogP contribution < -0.4 is 14.8 Å². The summed E-state index contributed by atoms with van der Waals surface area (Å²) >= 11 is 6.66. The Morgan fingerprint density at radius 3 is 2.87 bits per heavy atom. The van der Waals surface area contributed by atoms with Crippen LogP contribution in [0, 0.1) is 5.92 Å². The number of nitrogens with one attached hydrogen (secondary N) is 1. The Hall–Kier alpha value is -2.06. The van der Waals surface area contributed by atoms with E-state index in [0.717, 1.165) is 12.0 Å². The van der Waals surface area contributed by atoms with Crippen LogP contribution in [0.3, 0.4) is 0 Å². The predicted molar refractivity (Wildman–Crippen MR) is 121 cm³/mol. The van der Waals surface area contributed by atoms with E-state index in [1.165, 1.54) is 43.9 Å². The molecule has 160 valence electrons. The van der Waals surface area contributed by atoms with Crippen molar-refractivity contribution in [3.8, 4) is 11.5 Å². The van der Waals surface area contributed by atoms with Crippen molar-refractivity contribution in [3.63, 3.8) is 0 Å². The molecule has 1 saturated carbocycles. The molecule has 1 aromatic rings. The molecular formula is C22H26N2O4S2. The third kappa shape index (κ3) is 5.16. The van der Waals surface area contributed by atoms with Gasteiger partial charge in [0.15, 0.2) is 11.5 Å². The lowest BCUT2D eigenvalue weighted by atomic mass is 9.86. The Labute approximate surface area is 186 Å². The number of hydrogen-bond donors (Lipinski definition) is 1. The summed E-state index contributed by atoms with van der Waals surface area (Å²) in [5.41, 5.74) is 0.857. The molecule has 2 amide bonds. The van der Waals surface area contributed by atoms with Crippen LogP contribution in [0.4, 0.5) is 0 Å². The van der Waals surface area contributed by atoms with Gasteiger partial charge in [-0.2, -0.15) is 0 Å². The zero-order valence-corrected chi connectivity index (χ0v) is 18.5. The van der Waals surface area contributed by atoms with Gasteiger partial charge in [-0.05, 0) is 36.1 Å². The van der Waals surface area contributed by atoms with Gasteiger partial charge in [-0.1, -0.05) is 62.2 Å². The molecule has 0 atom stereocenters. The Morgan fingerprint density at radius 2 is 2.03 bits per heavy atom. The van der Waals surface area contributed by atoms with Crippen LogP contribution in [0.5, 0.6) is 11.5 Å². The molecule has 0 aromatic heterocycles. The first-order valence-corrected chi connectivity index (χ1v) is 11.7. The largest absolute Gasteiger partial charge is 0.454 e. The van der Waals surface area contributed by atoms with Crippen molar-refractivity contribution >= 4 is 46.2 Å². The highest BCUT2D eigenvalue weighted by atomic mass is 32.2. The Balaban J connectivity index is 1.25. The number of carbonyl (C=O) groups is 2. The number of amides is 2. The Morgan fingerprint density at radius 1 is 1.23 bits per heavy atom. The van der Waals surface area contributed by atoms with Crippen molar-refractivity contribution < 1.29 is 19.1 Å². The first kappa shape index (κ1) is 21.2. The van der Waals surface area contributed by atoms with E-state index in [4.69, 9.17) is 21.7 Å². The van der Waals surface area contributed by atoms with E-state index < -0.39 is 0 Å². The van der Waals surface area contributed by atoms with Gasteiger partial charge in [0.25, 0.3) is 5.91 Å². The van der Waals surface area contributed by atoms with E-state index in [1.54, 1.807) is 4.90 Å². The van der Waals surface area contributed by atoms with Crippen LogP contribution in [0.2, 0.25) is 0 Å². The van der Waals surface area contributed by atoms with Crippen LogP contribution in [0.15, 0.2) is 23.1 Å². The zero-order valence-electron chi connectivity index (χ0n) is 16.9. The fourth-order valence-electron chi connectivity index (χ4n) is 4.05. The normalized spacial score (nSPS) is 20.3. The molecule has 0 bridgehead atoms. The summed E-state index contributed by atoms with van der Waals surface area (Å²) in [5.74, 6) is 2.01. The minimum atomic E-state index is -0.126. The van der Waals surface area contributed by atoms with E-state index in [1.807, 2.05) is 24.3 Å². The second kappa shape index (κ2) is 9.83. The van der Waals surface area contributed by atoms with Gasteiger partial charge in [0.1, 0.15) is 4.32 Å². The van der Waals surface area contributed by atoms with Crippen LogP contribution >= 0.6 is 24.0 Å². The Bertz CT molecular complexity index is 865. The molecule has 2 heterocycles. The van der Waals surface area contributed by atoms with Gasteiger partial charge in [0, 0.05) is 19.5 Å². The van der Waals surface area contributed by atoms with Crippen molar-refractivity contribution in [2.75, 3.05) is 19.9 Å². The topological polar surface area (TPSA) is 67.9 Å². The number of benzene rings is 1. The van der Waals surface area contributed by atoms with Gasteiger partial charge in [0.2, 0.25) is 12.7 Å². The molecule has 3 aliphatic rings. The molecule has 6 nitrogen and oxygen atoms in total. The highest BCUT2D eigenvalue weighted by Crippen LogP contribution is 2.36. The van der Waals surface area contributed by atoms with Crippen molar-refractivity contribution in [1.29, 1.82) is 0 Å². The number of ether oxygens (including phenoxy) is 2. The average Bonchev–Trinajstić information content (AvgIpc) is 3.32. The van der Waals surface area contributed by atoms with Gasteiger partial charge in [-0.15, -0.1) is 0 Å². The first-order chi connectivity index (χ1) is 14.6. The molecule has 1 saturated heterocycles. The fourth-order valence-corrected chi connectivity index (χ4v) is 5.36. The highest BCUT2D eigenvalue weighted by molar-refractivity contribution is 8.26. The third-order valence-electron chi connectivity index (χ3n) is 5.73. The summed E-state index contributed by atoms with van der Waals surface area (Å²) in [6.07, 6.45) is 9.75. The number of fused-ring (bicyclic) bond motifs is 1. The summed E-state index contributed by atoms with van der Waals surface area (Å²) in [5, 5.41) is 2.93. The Kier molecular flexibility index (Phi) is 6.94. The molecule has 2 fully saturated rings. The minimum absolute atomic E-state index is 0.0573. The van der Waals surface area contributed by atoms with Crippen LogP contribution in [-0.4, -0.2) is 40.9 Å². The quantitative estimate of drug-likeness (QED) is 0.503. The maximum Gasteiger partial charge on any atom is 0.266 e. The van der Waals surface area contributed by atoms with Gasteiger partial charge in [0.05, 0.1) is 4.91 Å². The number of hydrogen-bond acceptors (Lipinski definition) is 6. The maximum atomic E-state index is 12.7. The second-order valence-corrected chi connectivity index (χ2v) is 9.51. The lowest BCUT2D eigenvalue weighted by Gasteiger charge is -2.21. The molecule has 0 radical (unpaired) electrons. The van der Waals surface area contributed by atoms with Gasteiger partial charge in [-0.25, -0.2) is 0 Å². The standard InChI is InChI=1S/C22H26N2O4S2/c25-20(9-7-15-4-2-1-3-5-15)23-10-11-24-21(26)19(30-22(24)29)13-16-6-8-17-18(12-16)28-14-27-17/h6,8,12-13,15H,1-5,7,9-11,14H2,(H,23,25)/b19-13+. The summed E-state index contributed by atoms with van der Waals surface area (Å²) in [4.78, 5) is 27.0. The lowest BCUT2D eigenvalue weighted by Crippen LogP contribution is -2.37. The van der Waals surface area contributed by atoms with Crippen molar-refractivity contribution in [3.05, 3.63) is 28.7 Å². The highest BCUT2D eigenvalue weighted by Gasteiger charge is 2.31. The van der Waals surface area contributed by atoms with E-state index in [2.05, 4.69) is 5.32 Å². The van der Waals surface area contributed by atoms with E-state index >= 15 is 0 Å². The minimum Gasteiger partial charge on any atom is -0.454 e. The van der Waals surface area contributed by atoms with E-state index in [-0.39, 0.29) is 18.6 Å². The third-order valence-corrected chi connectivity index (χ3v) is 7.11. The number of carbonyl (C=O) groups excluding carboxylic acids is 2. The summed E-state index contributed by atoms with van der Waals surface area (Å²) in [6.45, 7) is 1.01. The number of rotatable bonds is 7. The van der Waals surface area contributed by atoms with Crippen molar-refractivity contribution in [1.82, 2.24) is 10.2 Å². The lowest BCUT2D eigenvalue weighted by molar-refractivity contribution is -0.124.